The third-order valence-electron chi connectivity index (χ3n) is 0.0589. The van der Waals surface area contributed by atoms with E-state index in [1.807, 2.05) is 0 Å². The molecular weight excluding hydrogens is 58.0 g/mol. The first-order chi connectivity index (χ1) is 1.91. The molecule has 0 aliphatic heterocycles. The maximum Gasteiger partial charge on any atom is -0.209 e. The lowest BCUT2D eigenvalue weighted by Gasteiger charge is -1.98. The van der Waals surface area contributed by atoms with E-state index in [0.29, 0.717) is 0 Å². The maximum absolute atomic E-state index is 8.81. The van der Waals surface area contributed by atoms with Gasteiger partial charge in [-0.15, -0.1) is 0 Å². The van der Waals surface area contributed by atoms with E-state index in [-0.39, 0.29) is 0 Å². The summed E-state index contributed by atoms with van der Waals surface area (Å²) in [5, 5.41) is 8.81. The number of hydrazine groups is 2. The van der Waals surface area contributed by atoms with Crippen LogP contribution >= 0.6 is 0 Å². The molecule has 4 N–H and O–H groups in total. The molecule has 4 nitrogen and oxygen atoms in total. The van der Waals surface area contributed by atoms with E-state index in [1.54, 1.807) is 5.53 Å². The molecule has 0 aromatic heterocycles. The Morgan fingerprint density at radius 1 is 1.75 bits per heavy atom. The highest BCUT2D eigenvalue weighted by atomic mass is 16.5. The lowest BCUT2D eigenvalue weighted by atomic mass is 12.5. The van der Waals surface area contributed by atoms with Crippen molar-refractivity contribution in [3.63, 3.8) is 0 Å². The highest BCUT2D eigenvalue weighted by Crippen LogP contribution is 1.05. The molecule has 0 aromatic rings. The summed E-state index contributed by atoms with van der Waals surface area (Å²) in [4.78, 5) is 0. The van der Waals surface area contributed by atoms with Gasteiger partial charge in [0.2, 0.25) is 0 Å². The van der Waals surface area contributed by atoms with Crippen molar-refractivity contribution in [2.75, 3.05) is 0 Å². The maximum atomic E-state index is 8.81. The molecule has 4 heteroatoms. The molecule has 0 fully saturated rings. The van der Waals surface area contributed by atoms with Crippen molar-refractivity contribution in [1.82, 2.24) is 11.1 Å². The van der Waals surface area contributed by atoms with Crippen LogP contribution in [0.2, 0.25) is 0 Å². The quantitative estimate of drug-likeness (QED) is 0.254. The zero-order chi connectivity index (χ0) is 3.41. The molecule has 0 saturated carbocycles. The molecular formula is H4N3O-. The molecule has 0 atom stereocenters. The molecule has 26 valence electrons. The highest BCUT2D eigenvalue weighted by molar-refractivity contribution is 4.15. The molecule has 0 rings (SSSR count). The highest BCUT2D eigenvalue weighted by Gasteiger charge is 1.31. The number of hydrogen-bond donors (Lipinski definition) is 3. The lowest BCUT2D eigenvalue weighted by Crippen LogP contribution is -2.32. The molecule has 0 spiro atoms. The van der Waals surface area contributed by atoms with Crippen molar-refractivity contribution in [2.24, 2.45) is 5.84 Å². The molecule has 0 amide bonds. The zero-order valence-electron chi connectivity index (χ0n) is 1.99. The van der Waals surface area contributed by atoms with Crippen LogP contribution in [-0.2, 0) is 0 Å². The van der Waals surface area contributed by atoms with Crippen LogP contribution in [0.25, 0.3) is 0 Å². The first-order valence-electron chi connectivity index (χ1n) is 0.743. The summed E-state index contributed by atoms with van der Waals surface area (Å²) >= 11 is 0. The third kappa shape index (κ3) is 1.84. The second-order valence-corrected chi connectivity index (χ2v) is 0.246. The van der Waals surface area contributed by atoms with Crippen LogP contribution in [0.5, 0.6) is 0 Å². The normalized spacial score (nSPS) is 7.50. The van der Waals surface area contributed by atoms with Crippen LogP contribution in [0, 0.1) is 5.21 Å². The van der Waals surface area contributed by atoms with Gasteiger partial charge in [0.1, 0.15) is 0 Å². The Hall–Kier alpha value is -0.160. The van der Waals surface area contributed by atoms with Crippen LogP contribution in [0.3, 0.4) is 0 Å². The monoisotopic (exact) mass is 62.0 g/mol. The van der Waals surface area contributed by atoms with Crippen molar-refractivity contribution < 1.29 is 0 Å². The summed E-state index contributed by atoms with van der Waals surface area (Å²) < 4.78 is 0. The van der Waals surface area contributed by atoms with Crippen LogP contribution in [0.1, 0.15) is 0 Å². The minimum Gasteiger partial charge on any atom is -0.773 e. The van der Waals surface area contributed by atoms with Crippen molar-refractivity contribution in [1.29, 1.82) is 0 Å². The van der Waals surface area contributed by atoms with E-state index in [9.17, 15) is 0 Å². The van der Waals surface area contributed by atoms with Gasteiger partial charge < -0.3 is 10.8 Å². The summed E-state index contributed by atoms with van der Waals surface area (Å²) in [5.41, 5.74) is 2.83. The Morgan fingerprint density at radius 2 is 2.00 bits per heavy atom. The van der Waals surface area contributed by atoms with Gasteiger partial charge in [-0.1, -0.05) is 0 Å². The Labute approximate surface area is 23.5 Å². The van der Waals surface area contributed by atoms with Gasteiger partial charge in [-0.2, -0.15) is 0 Å². The van der Waals surface area contributed by atoms with Gasteiger partial charge in [0, 0.05) is 0 Å². The summed E-state index contributed by atoms with van der Waals surface area (Å²) in [7, 11) is 0. The van der Waals surface area contributed by atoms with Gasteiger partial charge in [0.05, 0.1) is 0 Å². The summed E-state index contributed by atoms with van der Waals surface area (Å²) in [5.74, 6) is 4.35. The second kappa shape index (κ2) is 2.84. The van der Waals surface area contributed by atoms with E-state index in [0.717, 1.165) is 0 Å². The topological polar surface area (TPSA) is 73.1 Å². The molecule has 0 aliphatic carbocycles. The van der Waals surface area contributed by atoms with Crippen molar-refractivity contribution in [3.05, 3.63) is 5.21 Å². The number of nitrogens with two attached hydrogens (primary N) is 1. The fourth-order valence-corrected chi connectivity index (χ4v) is 0. The van der Waals surface area contributed by atoms with Crippen LogP contribution in [-0.4, -0.2) is 0 Å². The van der Waals surface area contributed by atoms with Gasteiger partial charge >= 0.3 is 0 Å². The Morgan fingerprint density at radius 3 is 2.00 bits per heavy atom. The molecule has 0 radical (unpaired) electrons. The summed E-state index contributed by atoms with van der Waals surface area (Å²) in [6.07, 6.45) is 0. The largest absolute Gasteiger partial charge is 0.773 e. The molecule has 0 heterocycles. The minimum absolute atomic E-state index is 1.21. The minimum atomic E-state index is 1.21. The third-order valence-corrected chi connectivity index (χ3v) is 0.0589. The molecule has 4 heavy (non-hydrogen) atoms. The number of hydrogen-bond acceptors (Lipinski definition) is 4. The molecule has 0 unspecified atom stereocenters. The fraction of sp³-hybridized carbons (Fsp3) is 0. The van der Waals surface area contributed by atoms with E-state index >= 15 is 0 Å². The average molecular weight is 62.1 g/mol. The lowest BCUT2D eigenvalue weighted by molar-refractivity contribution is 0.667. The van der Waals surface area contributed by atoms with Gasteiger partial charge in [-0.25, -0.2) is 5.53 Å². The zero-order valence-corrected chi connectivity index (χ0v) is 1.99. The van der Waals surface area contributed by atoms with E-state index in [1.165, 1.54) is 5.59 Å². The predicted molar refractivity (Wildman–Crippen MR) is 13.8 cm³/mol. The van der Waals surface area contributed by atoms with E-state index in [4.69, 9.17) is 5.21 Å². The van der Waals surface area contributed by atoms with Gasteiger partial charge in [-0.3, -0.25) is 5.84 Å². The summed E-state index contributed by atoms with van der Waals surface area (Å²) in [6, 6.07) is 0. The number of rotatable bonds is 1. The summed E-state index contributed by atoms with van der Waals surface area (Å²) in [6.45, 7) is 0. The molecule has 0 aliphatic rings. The molecule has 0 saturated heterocycles. The first kappa shape index (κ1) is 3.84. The SMILES string of the molecule is NNN[O-]. The average Bonchev–Trinajstić information content (AvgIpc) is 1.37. The van der Waals surface area contributed by atoms with Crippen molar-refractivity contribution in [2.45, 2.75) is 0 Å². The standard InChI is InChI=1S/H4N3O/c1-2-3-4/h2-3H,1H2/q-1. The second-order valence-electron chi connectivity index (χ2n) is 0.246. The van der Waals surface area contributed by atoms with Gasteiger partial charge in [0.15, 0.2) is 0 Å². The van der Waals surface area contributed by atoms with E-state index in [2.05, 4.69) is 5.84 Å². The number of nitrogens with one attached hydrogen (secondary N) is 2. The molecule has 0 bridgehead atoms. The predicted octanol–water partition coefficient (Wildman–Crippen LogP) is -1.55. The van der Waals surface area contributed by atoms with Crippen molar-refractivity contribution >= 4 is 0 Å². The Bertz CT molecular complexity index is 5.25. The van der Waals surface area contributed by atoms with Gasteiger partial charge in [-0.05, 0) is 0 Å². The van der Waals surface area contributed by atoms with Crippen LogP contribution in [0.15, 0.2) is 0 Å². The van der Waals surface area contributed by atoms with Crippen molar-refractivity contribution in [3.8, 4) is 0 Å². The van der Waals surface area contributed by atoms with Crippen LogP contribution < -0.4 is 17.0 Å². The Balaban J connectivity index is 1.97. The van der Waals surface area contributed by atoms with Gasteiger partial charge in [0.25, 0.3) is 0 Å². The van der Waals surface area contributed by atoms with E-state index < -0.39 is 0 Å². The smallest absolute Gasteiger partial charge is 0.209 e. The molecule has 0 aromatic carbocycles. The first-order valence-corrected chi connectivity index (χ1v) is 0.743. The fourth-order valence-electron chi connectivity index (χ4n) is 0. The Kier molecular flexibility index (Phi) is 2.73. The van der Waals surface area contributed by atoms with Crippen LogP contribution in [0.4, 0.5) is 0 Å².